The van der Waals surface area contributed by atoms with Gasteiger partial charge in [0, 0.05) is 17.3 Å². The van der Waals surface area contributed by atoms with Gasteiger partial charge < -0.3 is 14.8 Å². The first kappa shape index (κ1) is 19.5. The zero-order chi connectivity index (χ0) is 18.1. The van der Waals surface area contributed by atoms with Gasteiger partial charge in [-0.3, -0.25) is 4.79 Å². The van der Waals surface area contributed by atoms with Gasteiger partial charge in [-0.1, -0.05) is 29.8 Å². The molecule has 4 nitrogen and oxygen atoms in total. The lowest BCUT2D eigenvalue weighted by Crippen LogP contribution is -2.27. The third-order valence-electron chi connectivity index (χ3n) is 3.57. The van der Waals surface area contributed by atoms with Crippen molar-refractivity contribution in [2.75, 3.05) is 26.5 Å². The van der Waals surface area contributed by atoms with Crippen molar-refractivity contribution >= 4 is 29.3 Å². The van der Waals surface area contributed by atoms with E-state index in [4.69, 9.17) is 21.1 Å². The van der Waals surface area contributed by atoms with Gasteiger partial charge in [-0.05, 0) is 41.8 Å². The number of halogens is 1. The van der Waals surface area contributed by atoms with Crippen LogP contribution in [0.25, 0.3) is 0 Å². The van der Waals surface area contributed by atoms with E-state index in [0.717, 1.165) is 28.3 Å². The average Bonchev–Trinajstić information content (AvgIpc) is 2.61. The molecule has 1 amide bonds. The Morgan fingerprint density at radius 2 is 1.88 bits per heavy atom. The number of rotatable bonds is 9. The Bertz CT molecular complexity index is 709. The Hall–Kier alpha value is -1.85. The number of amides is 1. The molecular formula is C19H22ClNO3S. The van der Waals surface area contributed by atoms with E-state index in [1.54, 1.807) is 26.0 Å². The lowest BCUT2D eigenvalue weighted by molar-refractivity contribution is -0.118. The molecule has 0 saturated heterocycles. The molecule has 0 heterocycles. The van der Waals surface area contributed by atoms with Gasteiger partial charge in [-0.2, -0.15) is 0 Å². The van der Waals surface area contributed by atoms with Crippen molar-refractivity contribution in [3.05, 3.63) is 58.6 Å². The van der Waals surface area contributed by atoms with Crippen LogP contribution in [0.2, 0.25) is 5.02 Å². The molecule has 0 fully saturated rings. The van der Waals surface area contributed by atoms with E-state index in [9.17, 15) is 4.79 Å². The minimum absolute atomic E-state index is 0.0347. The summed E-state index contributed by atoms with van der Waals surface area (Å²) in [7, 11) is 3.22. The molecule has 0 unspecified atom stereocenters. The summed E-state index contributed by atoms with van der Waals surface area (Å²) in [4.78, 5) is 11.9. The fraction of sp³-hybridized carbons (Fsp3) is 0.316. The Morgan fingerprint density at radius 1 is 1.08 bits per heavy atom. The number of hydrogen-bond donors (Lipinski definition) is 1. The van der Waals surface area contributed by atoms with Gasteiger partial charge in [0.05, 0.1) is 20.0 Å². The molecule has 134 valence electrons. The van der Waals surface area contributed by atoms with Crippen molar-refractivity contribution in [1.29, 1.82) is 0 Å². The number of ether oxygens (including phenoxy) is 2. The summed E-state index contributed by atoms with van der Waals surface area (Å²) in [6, 6.07) is 13.5. The summed E-state index contributed by atoms with van der Waals surface area (Å²) in [5.74, 6) is 2.63. The van der Waals surface area contributed by atoms with Crippen LogP contribution in [0.4, 0.5) is 0 Å². The van der Waals surface area contributed by atoms with Crippen LogP contribution < -0.4 is 14.8 Å². The summed E-state index contributed by atoms with van der Waals surface area (Å²) >= 11 is 7.52. The molecule has 0 spiro atoms. The maximum absolute atomic E-state index is 11.9. The number of hydrogen-bond acceptors (Lipinski definition) is 4. The van der Waals surface area contributed by atoms with Gasteiger partial charge in [0.25, 0.3) is 0 Å². The van der Waals surface area contributed by atoms with Gasteiger partial charge in [0.15, 0.2) is 11.5 Å². The highest BCUT2D eigenvalue weighted by Gasteiger charge is 2.06. The van der Waals surface area contributed by atoms with Crippen LogP contribution in [-0.2, 0) is 17.0 Å². The van der Waals surface area contributed by atoms with Gasteiger partial charge in [0.1, 0.15) is 0 Å². The fourth-order valence-corrected chi connectivity index (χ4v) is 3.34. The maximum atomic E-state index is 11.9. The molecule has 0 bridgehead atoms. The lowest BCUT2D eigenvalue weighted by atomic mass is 10.1. The molecule has 2 aromatic carbocycles. The minimum atomic E-state index is 0.0347. The van der Waals surface area contributed by atoms with Gasteiger partial charge in [-0.25, -0.2) is 0 Å². The highest BCUT2D eigenvalue weighted by molar-refractivity contribution is 7.99. The van der Waals surface area contributed by atoms with Crippen molar-refractivity contribution in [3.8, 4) is 11.5 Å². The zero-order valence-corrected chi connectivity index (χ0v) is 16.0. The average molecular weight is 380 g/mol. The summed E-state index contributed by atoms with van der Waals surface area (Å²) in [5.41, 5.74) is 2.21. The predicted molar refractivity (Wildman–Crippen MR) is 104 cm³/mol. The van der Waals surface area contributed by atoms with Crippen molar-refractivity contribution in [1.82, 2.24) is 5.32 Å². The molecule has 2 aromatic rings. The summed E-state index contributed by atoms with van der Waals surface area (Å²) in [6.07, 6.45) is 0.741. The quantitative estimate of drug-likeness (QED) is 0.716. The van der Waals surface area contributed by atoms with Crippen LogP contribution in [0.15, 0.2) is 42.5 Å². The van der Waals surface area contributed by atoms with E-state index < -0.39 is 0 Å². The molecule has 25 heavy (non-hydrogen) atoms. The second kappa shape index (κ2) is 10.2. The molecule has 0 aliphatic rings. The third-order valence-corrected chi connectivity index (χ3v) is 4.81. The first-order valence-corrected chi connectivity index (χ1v) is 9.45. The normalized spacial score (nSPS) is 10.4. The van der Waals surface area contributed by atoms with Crippen LogP contribution in [0, 0.1) is 0 Å². The first-order chi connectivity index (χ1) is 12.1. The number of benzene rings is 2. The molecule has 0 atom stereocenters. The highest BCUT2D eigenvalue weighted by Crippen LogP contribution is 2.27. The number of thioether (sulfide) groups is 1. The van der Waals surface area contributed by atoms with Crippen molar-refractivity contribution in [2.24, 2.45) is 0 Å². The highest BCUT2D eigenvalue weighted by atomic mass is 35.5. The minimum Gasteiger partial charge on any atom is -0.493 e. The second-order valence-corrected chi connectivity index (χ2v) is 6.83. The van der Waals surface area contributed by atoms with Crippen LogP contribution in [0.1, 0.15) is 11.1 Å². The predicted octanol–water partition coefficient (Wildman–Crippen LogP) is 3.95. The third kappa shape index (κ3) is 6.52. The number of nitrogens with one attached hydrogen (secondary N) is 1. The molecule has 0 radical (unpaired) electrons. The van der Waals surface area contributed by atoms with Crippen LogP contribution in [-0.4, -0.2) is 32.4 Å². The van der Waals surface area contributed by atoms with Crippen molar-refractivity contribution in [2.45, 2.75) is 12.2 Å². The van der Waals surface area contributed by atoms with E-state index in [1.807, 2.05) is 42.5 Å². The smallest absolute Gasteiger partial charge is 0.230 e. The fourth-order valence-electron chi connectivity index (χ4n) is 2.32. The van der Waals surface area contributed by atoms with Crippen LogP contribution in [0.5, 0.6) is 11.5 Å². The Kier molecular flexibility index (Phi) is 7.95. The molecule has 0 aromatic heterocycles. The van der Waals surface area contributed by atoms with E-state index in [0.29, 0.717) is 23.8 Å². The SMILES string of the molecule is COc1ccc(CCNC(=O)CSCc2cccc(Cl)c2)cc1OC. The number of methoxy groups -OCH3 is 2. The summed E-state index contributed by atoms with van der Waals surface area (Å²) < 4.78 is 10.5. The molecule has 2 rings (SSSR count). The molecule has 0 aliphatic carbocycles. The standard InChI is InChI=1S/C19H22ClNO3S/c1-23-17-7-6-14(11-18(17)24-2)8-9-21-19(22)13-25-12-15-4-3-5-16(20)10-15/h3-7,10-11H,8-9,12-13H2,1-2H3,(H,21,22). The molecule has 0 saturated carbocycles. The maximum Gasteiger partial charge on any atom is 0.230 e. The van der Waals surface area contributed by atoms with Crippen LogP contribution in [0.3, 0.4) is 0 Å². The molecule has 0 aliphatic heterocycles. The molecule has 6 heteroatoms. The Balaban J connectivity index is 1.70. The van der Waals surface area contributed by atoms with E-state index in [2.05, 4.69) is 5.32 Å². The van der Waals surface area contributed by atoms with Gasteiger partial charge in [-0.15, -0.1) is 11.8 Å². The Morgan fingerprint density at radius 3 is 2.60 bits per heavy atom. The van der Waals surface area contributed by atoms with Crippen molar-refractivity contribution in [3.63, 3.8) is 0 Å². The summed E-state index contributed by atoms with van der Waals surface area (Å²) in [6.45, 7) is 0.589. The Labute approximate surface area is 157 Å². The molecule has 1 N–H and O–H groups in total. The van der Waals surface area contributed by atoms with Crippen molar-refractivity contribution < 1.29 is 14.3 Å². The van der Waals surface area contributed by atoms with E-state index in [-0.39, 0.29) is 5.91 Å². The summed E-state index contributed by atoms with van der Waals surface area (Å²) in [5, 5.41) is 3.66. The molecular weight excluding hydrogens is 358 g/mol. The number of carbonyl (C=O) groups is 1. The monoisotopic (exact) mass is 379 g/mol. The first-order valence-electron chi connectivity index (χ1n) is 7.92. The topological polar surface area (TPSA) is 47.6 Å². The largest absolute Gasteiger partial charge is 0.493 e. The lowest BCUT2D eigenvalue weighted by Gasteiger charge is -2.10. The van der Waals surface area contributed by atoms with Gasteiger partial charge >= 0.3 is 0 Å². The number of carbonyl (C=O) groups excluding carboxylic acids is 1. The van der Waals surface area contributed by atoms with Gasteiger partial charge in [0.2, 0.25) is 5.91 Å². The van der Waals surface area contributed by atoms with E-state index >= 15 is 0 Å². The van der Waals surface area contributed by atoms with E-state index in [1.165, 1.54) is 0 Å². The van der Waals surface area contributed by atoms with Crippen LogP contribution >= 0.6 is 23.4 Å². The zero-order valence-electron chi connectivity index (χ0n) is 14.4. The second-order valence-electron chi connectivity index (χ2n) is 5.41.